The van der Waals surface area contributed by atoms with E-state index in [2.05, 4.69) is 15.3 Å². The molecule has 2 unspecified atom stereocenters. The molecule has 0 spiro atoms. The minimum Gasteiger partial charge on any atom is -0.391 e. The van der Waals surface area contributed by atoms with Crippen molar-refractivity contribution >= 4 is 11.5 Å². The molecule has 0 aromatic carbocycles. The molecule has 0 radical (unpaired) electrons. The van der Waals surface area contributed by atoms with Crippen LogP contribution < -0.4 is 22.3 Å². The van der Waals surface area contributed by atoms with Crippen LogP contribution in [0.2, 0.25) is 0 Å². The van der Waals surface area contributed by atoms with Crippen LogP contribution in [0.5, 0.6) is 0 Å². The Hall–Kier alpha value is -1.56. The minimum absolute atomic E-state index is 0.143. The summed E-state index contributed by atoms with van der Waals surface area (Å²) in [5.41, 5.74) is 11.3. The number of nitrogens with two attached hydrogens (primary N) is 2. The van der Waals surface area contributed by atoms with E-state index in [4.69, 9.17) is 11.5 Å². The highest BCUT2D eigenvalue weighted by molar-refractivity contribution is 5.58. The fraction of sp³-hybridized carbons (Fsp3) is 0.600. The molecule has 1 aliphatic rings. The van der Waals surface area contributed by atoms with E-state index < -0.39 is 0 Å². The van der Waals surface area contributed by atoms with E-state index in [1.807, 2.05) is 0 Å². The molecule has 1 aromatic rings. The van der Waals surface area contributed by atoms with Crippen LogP contribution in [0.3, 0.4) is 0 Å². The quantitative estimate of drug-likeness (QED) is 0.571. The fourth-order valence-corrected chi connectivity index (χ4v) is 2.09. The maximum absolute atomic E-state index is 11.2. The predicted octanol–water partition coefficient (Wildman–Crippen LogP) is -0.109. The maximum Gasteiger partial charge on any atom is 0.276 e. The van der Waals surface area contributed by atoms with E-state index in [0.29, 0.717) is 17.8 Å². The van der Waals surface area contributed by atoms with Crippen molar-refractivity contribution in [3.05, 3.63) is 16.7 Å². The third-order valence-corrected chi connectivity index (χ3v) is 3.03. The van der Waals surface area contributed by atoms with Crippen LogP contribution in [0.15, 0.2) is 11.1 Å². The van der Waals surface area contributed by atoms with Crippen LogP contribution >= 0.6 is 0 Å². The summed E-state index contributed by atoms with van der Waals surface area (Å²) < 4.78 is 0. The maximum atomic E-state index is 11.2. The van der Waals surface area contributed by atoms with Gasteiger partial charge in [0.1, 0.15) is 5.69 Å². The molecule has 16 heavy (non-hydrogen) atoms. The summed E-state index contributed by atoms with van der Waals surface area (Å²) in [6, 6.07) is 0.316. The molecule has 0 amide bonds. The smallest absolute Gasteiger partial charge is 0.276 e. The number of nitrogens with zero attached hydrogens (tertiary/aromatic N) is 1. The number of H-pyrrole nitrogens is 1. The molecule has 6 nitrogen and oxygen atoms in total. The van der Waals surface area contributed by atoms with E-state index in [1.54, 1.807) is 0 Å². The van der Waals surface area contributed by atoms with Gasteiger partial charge in [0.05, 0.1) is 6.33 Å². The van der Waals surface area contributed by atoms with Gasteiger partial charge in [-0.05, 0) is 25.2 Å². The highest BCUT2D eigenvalue weighted by Gasteiger charge is 2.21. The third-order valence-electron chi connectivity index (χ3n) is 3.03. The number of rotatable bonds is 3. The molecule has 0 saturated heterocycles. The number of aromatic nitrogens is 2. The van der Waals surface area contributed by atoms with Gasteiger partial charge >= 0.3 is 0 Å². The van der Waals surface area contributed by atoms with Crippen LogP contribution in [0.4, 0.5) is 11.5 Å². The lowest BCUT2D eigenvalue weighted by atomic mass is 10.1. The van der Waals surface area contributed by atoms with Crippen molar-refractivity contribution in [1.29, 1.82) is 0 Å². The molecule has 1 aromatic heterocycles. The SMILES string of the molecule is Nc1c(NCC2CCC(N)C2)nc[nH]c1=O. The first-order valence-electron chi connectivity index (χ1n) is 5.49. The van der Waals surface area contributed by atoms with Gasteiger partial charge in [0.25, 0.3) is 5.56 Å². The van der Waals surface area contributed by atoms with Crippen molar-refractivity contribution < 1.29 is 0 Å². The van der Waals surface area contributed by atoms with Gasteiger partial charge in [0.15, 0.2) is 5.82 Å². The van der Waals surface area contributed by atoms with Gasteiger partial charge < -0.3 is 21.8 Å². The van der Waals surface area contributed by atoms with Gasteiger partial charge in [0, 0.05) is 12.6 Å². The van der Waals surface area contributed by atoms with Crippen molar-refractivity contribution in [1.82, 2.24) is 9.97 Å². The van der Waals surface area contributed by atoms with Gasteiger partial charge in [-0.25, -0.2) is 4.98 Å². The zero-order valence-electron chi connectivity index (χ0n) is 9.07. The molecule has 1 saturated carbocycles. The van der Waals surface area contributed by atoms with E-state index in [9.17, 15) is 4.79 Å². The first-order chi connectivity index (χ1) is 7.66. The Labute approximate surface area is 93.4 Å². The zero-order valence-corrected chi connectivity index (χ0v) is 9.07. The van der Waals surface area contributed by atoms with Crippen LogP contribution in [-0.4, -0.2) is 22.6 Å². The standard InChI is InChI=1S/C10H17N5O/c11-7-2-1-6(3-7)4-13-9-8(12)10(16)15-5-14-9/h5-7H,1-4,11-12H2,(H2,13,14,15,16). The molecule has 0 aliphatic heterocycles. The second-order valence-corrected chi connectivity index (χ2v) is 4.31. The monoisotopic (exact) mass is 223 g/mol. The van der Waals surface area contributed by atoms with Crippen LogP contribution in [0.1, 0.15) is 19.3 Å². The summed E-state index contributed by atoms with van der Waals surface area (Å²) in [7, 11) is 0. The Morgan fingerprint density at radius 1 is 1.56 bits per heavy atom. The van der Waals surface area contributed by atoms with Crippen molar-refractivity contribution in [2.24, 2.45) is 11.7 Å². The summed E-state index contributed by atoms with van der Waals surface area (Å²) in [6.45, 7) is 0.772. The van der Waals surface area contributed by atoms with Gasteiger partial charge in [0.2, 0.25) is 0 Å². The van der Waals surface area contributed by atoms with Crippen LogP contribution in [0.25, 0.3) is 0 Å². The number of aromatic amines is 1. The lowest BCUT2D eigenvalue weighted by Gasteiger charge is -2.12. The van der Waals surface area contributed by atoms with Gasteiger partial charge in [-0.15, -0.1) is 0 Å². The van der Waals surface area contributed by atoms with E-state index in [-0.39, 0.29) is 11.2 Å². The summed E-state index contributed by atoms with van der Waals surface area (Å²) in [6.07, 6.45) is 4.57. The topological polar surface area (TPSA) is 110 Å². The normalized spacial score (nSPS) is 24.6. The fourth-order valence-electron chi connectivity index (χ4n) is 2.09. The molecular formula is C10H17N5O. The second kappa shape index (κ2) is 4.52. The molecule has 1 heterocycles. The van der Waals surface area contributed by atoms with E-state index in [0.717, 1.165) is 25.8 Å². The molecule has 88 valence electrons. The second-order valence-electron chi connectivity index (χ2n) is 4.31. The van der Waals surface area contributed by atoms with E-state index in [1.165, 1.54) is 6.33 Å². The molecule has 6 N–H and O–H groups in total. The molecule has 1 fully saturated rings. The minimum atomic E-state index is -0.305. The molecule has 0 bridgehead atoms. The summed E-state index contributed by atoms with van der Waals surface area (Å²) in [5.74, 6) is 1.01. The Kier molecular flexibility index (Phi) is 3.09. The largest absolute Gasteiger partial charge is 0.391 e. The molecule has 6 heteroatoms. The van der Waals surface area contributed by atoms with Gasteiger partial charge in [-0.1, -0.05) is 0 Å². The lowest BCUT2D eigenvalue weighted by Crippen LogP contribution is -2.20. The Morgan fingerprint density at radius 3 is 3.06 bits per heavy atom. The van der Waals surface area contributed by atoms with Crippen molar-refractivity contribution in [2.75, 3.05) is 17.6 Å². The number of nitrogen functional groups attached to an aromatic ring is 1. The number of nitrogens with one attached hydrogen (secondary N) is 2. The lowest BCUT2D eigenvalue weighted by molar-refractivity contribution is 0.565. The Morgan fingerprint density at radius 2 is 2.38 bits per heavy atom. The van der Waals surface area contributed by atoms with Gasteiger partial charge in [-0.2, -0.15) is 0 Å². The molecule has 2 atom stereocenters. The third kappa shape index (κ3) is 2.33. The Balaban J connectivity index is 1.95. The molecular weight excluding hydrogens is 206 g/mol. The van der Waals surface area contributed by atoms with Crippen molar-refractivity contribution in [2.45, 2.75) is 25.3 Å². The first kappa shape index (κ1) is 10.9. The van der Waals surface area contributed by atoms with E-state index >= 15 is 0 Å². The van der Waals surface area contributed by atoms with Crippen molar-refractivity contribution in [3.63, 3.8) is 0 Å². The number of anilines is 2. The first-order valence-corrected chi connectivity index (χ1v) is 5.49. The zero-order chi connectivity index (χ0) is 11.5. The average molecular weight is 223 g/mol. The van der Waals surface area contributed by atoms with Gasteiger partial charge in [-0.3, -0.25) is 4.79 Å². The number of hydrogen-bond donors (Lipinski definition) is 4. The average Bonchev–Trinajstić information content (AvgIpc) is 2.67. The Bertz CT molecular complexity index is 416. The predicted molar refractivity (Wildman–Crippen MR) is 63.1 cm³/mol. The van der Waals surface area contributed by atoms with Crippen molar-refractivity contribution in [3.8, 4) is 0 Å². The summed E-state index contributed by atoms with van der Waals surface area (Å²) in [5, 5.41) is 3.10. The summed E-state index contributed by atoms with van der Waals surface area (Å²) >= 11 is 0. The highest BCUT2D eigenvalue weighted by atomic mass is 16.1. The molecule has 2 rings (SSSR count). The molecule has 1 aliphatic carbocycles. The number of hydrogen-bond acceptors (Lipinski definition) is 5. The highest BCUT2D eigenvalue weighted by Crippen LogP contribution is 2.24. The van der Waals surface area contributed by atoms with Crippen LogP contribution in [0, 0.1) is 5.92 Å². The summed E-state index contributed by atoms with van der Waals surface area (Å²) in [4.78, 5) is 17.6. The van der Waals surface area contributed by atoms with Crippen LogP contribution in [-0.2, 0) is 0 Å².